The molecule has 0 saturated carbocycles. The molecule has 10 heteroatoms. The molecule has 0 spiro atoms. The first-order valence-corrected chi connectivity index (χ1v) is 9.00. The van der Waals surface area contributed by atoms with Gasteiger partial charge >= 0.3 is 5.97 Å². The number of benzene rings is 1. The van der Waals surface area contributed by atoms with Gasteiger partial charge in [0.1, 0.15) is 5.69 Å². The third kappa shape index (κ3) is 3.62. The standard InChI is InChI=1S/C18H16N4O5S/c1-10-7-13(11(2)21(10)18-20-5-6-28-18)16(23)9-27-17(24)12-3-4-14(19)15(8-12)22(25)26/h3-8H,9,19H2,1-2H3. The average molecular weight is 400 g/mol. The van der Waals surface area contributed by atoms with E-state index in [1.807, 2.05) is 16.9 Å². The van der Waals surface area contributed by atoms with Crippen LogP contribution >= 0.6 is 11.3 Å². The van der Waals surface area contributed by atoms with Crippen molar-refractivity contribution in [3.05, 3.63) is 68.5 Å². The number of anilines is 1. The van der Waals surface area contributed by atoms with Crippen LogP contribution in [0.4, 0.5) is 11.4 Å². The molecule has 0 aliphatic carbocycles. The Morgan fingerprint density at radius 3 is 2.71 bits per heavy atom. The fourth-order valence-electron chi connectivity index (χ4n) is 2.79. The maximum absolute atomic E-state index is 12.5. The Kier molecular flexibility index (Phi) is 5.23. The number of Topliss-reactive ketones (excluding diaryl/α,β-unsaturated/α-hetero) is 1. The normalized spacial score (nSPS) is 10.6. The monoisotopic (exact) mass is 400 g/mol. The maximum atomic E-state index is 12.5. The van der Waals surface area contributed by atoms with Crippen LogP contribution in [0.15, 0.2) is 35.8 Å². The second-order valence-corrected chi connectivity index (χ2v) is 6.84. The van der Waals surface area contributed by atoms with E-state index in [2.05, 4.69) is 4.98 Å². The van der Waals surface area contributed by atoms with Crippen LogP contribution in [0.25, 0.3) is 5.13 Å². The summed E-state index contributed by atoms with van der Waals surface area (Å²) in [4.78, 5) is 39.2. The van der Waals surface area contributed by atoms with Crippen LogP contribution in [0.1, 0.15) is 32.1 Å². The third-order valence-electron chi connectivity index (χ3n) is 4.14. The minimum absolute atomic E-state index is 0.0537. The lowest BCUT2D eigenvalue weighted by Gasteiger charge is -2.07. The zero-order valence-electron chi connectivity index (χ0n) is 15.0. The minimum Gasteiger partial charge on any atom is -0.454 e. The second-order valence-electron chi connectivity index (χ2n) is 5.96. The van der Waals surface area contributed by atoms with Crippen LogP contribution in [-0.2, 0) is 4.74 Å². The first kappa shape index (κ1) is 19.2. The molecule has 0 atom stereocenters. The van der Waals surface area contributed by atoms with E-state index in [0.717, 1.165) is 16.9 Å². The fourth-order valence-corrected chi connectivity index (χ4v) is 3.54. The van der Waals surface area contributed by atoms with Crippen LogP contribution in [-0.4, -0.2) is 32.8 Å². The van der Waals surface area contributed by atoms with Crippen molar-refractivity contribution in [3.63, 3.8) is 0 Å². The van der Waals surface area contributed by atoms with Crippen molar-refractivity contribution >= 4 is 34.5 Å². The summed E-state index contributed by atoms with van der Waals surface area (Å²) in [6, 6.07) is 5.29. The molecule has 3 aromatic rings. The number of rotatable bonds is 6. The molecule has 1 aromatic carbocycles. The van der Waals surface area contributed by atoms with Crippen LogP contribution < -0.4 is 5.73 Å². The number of nitrogens with two attached hydrogens (primary N) is 1. The van der Waals surface area contributed by atoms with E-state index in [1.54, 1.807) is 19.2 Å². The summed E-state index contributed by atoms with van der Waals surface area (Å²) in [6.07, 6.45) is 1.67. The van der Waals surface area contributed by atoms with Crippen molar-refractivity contribution in [2.24, 2.45) is 0 Å². The highest BCUT2D eigenvalue weighted by atomic mass is 32.1. The number of nitrogen functional groups attached to an aromatic ring is 1. The lowest BCUT2D eigenvalue weighted by molar-refractivity contribution is -0.383. The van der Waals surface area contributed by atoms with Crippen molar-refractivity contribution < 1.29 is 19.2 Å². The van der Waals surface area contributed by atoms with E-state index in [4.69, 9.17) is 10.5 Å². The Labute approximate surface area is 163 Å². The molecule has 2 aromatic heterocycles. The number of aryl methyl sites for hydroxylation is 1. The number of ketones is 1. The van der Waals surface area contributed by atoms with Crippen molar-refractivity contribution in [3.8, 4) is 5.13 Å². The third-order valence-corrected chi connectivity index (χ3v) is 4.90. The van der Waals surface area contributed by atoms with E-state index in [-0.39, 0.29) is 17.0 Å². The molecule has 0 saturated heterocycles. The van der Waals surface area contributed by atoms with Gasteiger partial charge in [0.2, 0.25) is 5.78 Å². The van der Waals surface area contributed by atoms with Crippen molar-refractivity contribution in [1.29, 1.82) is 0 Å². The zero-order valence-corrected chi connectivity index (χ0v) is 15.9. The van der Waals surface area contributed by atoms with E-state index >= 15 is 0 Å². The predicted octanol–water partition coefficient (Wildman–Crippen LogP) is 3.08. The SMILES string of the molecule is Cc1cc(C(=O)COC(=O)c2ccc(N)c([N+](=O)[O-])c2)c(C)n1-c1nccs1. The molecule has 0 bridgehead atoms. The lowest BCUT2D eigenvalue weighted by atomic mass is 10.1. The molecule has 3 rings (SSSR count). The highest BCUT2D eigenvalue weighted by Crippen LogP contribution is 2.24. The minimum atomic E-state index is -0.842. The first-order chi connectivity index (χ1) is 13.3. The van der Waals surface area contributed by atoms with Crippen molar-refractivity contribution in [1.82, 2.24) is 9.55 Å². The summed E-state index contributed by atoms with van der Waals surface area (Å²) in [5, 5.41) is 13.5. The summed E-state index contributed by atoms with van der Waals surface area (Å²) in [6.45, 7) is 3.15. The van der Waals surface area contributed by atoms with Gasteiger partial charge in [-0.05, 0) is 32.0 Å². The lowest BCUT2D eigenvalue weighted by Crippen LogP contribution is -2.15. The number of nitro groups is 1. The quantitative estimate of drug-likeness (QED) is 0.221. The number of aromatic nitrogens is 2. The molecule has 0 aliphatic rings. The van der Waals surface area contributed by atoms with Gasteiger partial charge in [0, 0.05) is 34.6 Å². The molecular weight excluding hydrogens is 384 g/mol. The van der Waals surface area contributed by atoms with Gasteiger partial charge in [0.25, 0.3) is 5.69 Å². The number of hydrogen-bond donors (Lipinski definition) is 1. The van der Waals surface area contributed by atoms with Crippen molar-refractivity contribution in [2.75, 3.05) is 12.3 Å². The number of nitrogens with zero attached hydrogens (tertiary/aromatic N) is 3. The Hall–Kier alpha value is -3.53. The molecule has 0 fully saturated rings. The number of nitro benzene ring substituents is 1. The molecule has 2 N–H and O–H groups in total. The number of thiazole rings is 1. The summed E-state index contributed by atoms with van der Waals surface area (Å²) in [5.41, 5.74) is 6.94. The number of esters is 1. The van der Waals surface area contributed by atoms with Gasteiger partial charge in [-0.15, -0.1) is 11.3 Å². The van der Waals surface area contributed by atoms with Gasteiger partial charge in [-0.1, -0.05) is 0 Å². The molecule has 9 nitrogen and oxygen atoms in total. The highest BCUT2D eigenvalue weighted by Gasteiger charge is 2.21. The Balaban J connectivity index is 1.75. The first-order valence-electron chi connectivity index (χ1n) is 8.12. The topological polar surface area (TPSA) is 130 Å². The predicted molar refractivity (Wildman–Crippen MR) is 103 cm³/mol. The van der Waals surface area contributed by atoms with Crippen molar-refractivity contribution in [2.45, 2.75) is 13.8 Å². The van der Waals surface area contributed by atoms with E-state index in [0.29, 0.717) is 11.3 Å². The van der Waals surface area contributed by atoms with Gasteiger partial charge in [0.15, 0.2) is 11.7 Å². The maximum Gasteiger partial charge on any atom is 0.338 e. The van der Waals surface area contributed by atoms with Crippen LogP contribution in [0, 0.1) is 24.0 Å². The molecule has 144 valence electrons. The van der Waals surface area contributed by atoms with Gasteiger partial charge in [-0.3, -0.25) is 19.5 Å². The Morgan fingerprint density at radius 1 is 1.32 bits per heavy atom. The van der Waals surface area contributed by atoms with Gasteiger partial charge < -0.3 is 10.5 Å². The van der Waals surface area contributed by atoms with Gasteiger partial charge in [-0.2, -0.15) is 0 Å². The smallest absolute Gasteiger partial charge is 0.338 e. The van der Waals surface area contributed by atoms with Gasteiger partial charge in [0.05, 0.1) is 10.5 Å². The molecule has 2 heterocycles. The number of carbonyl (C=O) groups is 2. The molecular formula is C18H16N4O5S. The van der Waals surface area contributed by atoms with Crippen LogP contribution in [0.5, 0.6) is 0 Å². The summed E-state index contributed by atoms with van der Waals surface area (Å²) in [7, 11) is 0. The molecule has 0 aliphatic heterocycles. The van der Waals surface area contributed by atoms with Crippen LogP contribution in [0.2, 0.25) is 0 Å². The molecule has 0 radical (unpaired) electrons. The average Bonchev–Trinajstić information content (AvgIpc) is 3.27. The number of ether oxygens (including phenoxy) is 1. The fraction of sp³-hybridized carbons (Fsp3) is 0.167. The van der Waals surface area contributed by atoms with E-state index in [9.17, 15) is 19.7 Å². The largest absolute Gasteiger partial charge is 0.454 e. The Morgan fingerprint density at radius 2 is 2.07 bits per heavy atom. The molecule has 0 unspecified atom stereocenters. The molecule has 0 amide bonds. The zero-order chi connectivity index (χ0) is 20.4. The van der Waals surface area contributed by atoms with Gasteiger partial charge in [-0.25, -0.2) is 9.78 Å². The van der Waals surface area contributed by atoms with E-state index < -0.39 is 23.2 Å². The molecule has 28 heavy (non-hydrogen) atoms. The number of hydrogen-bond acceptors (Lipinski definition) is 8. The second kappa shape index (κ2) is 7.61. The Bertz CT molecular complexity index is 1070. The number of carbonyl (C=O) groups excluding carboxylic acids is 2. The summed E-state index contributed by atoms with van der Waals surface area (Å²) < 4.78 is 6.89. The summed E-state index contributed by atoms with van der Waals surface area (Å²) in [5.74, 6) is -1.22. The highest BCUT2D eigenvalue weighted by molar-refractivity contribution is 7.12. The van der Waals surface area contributed by atoms with Crippen LogP contribution in [0.3, 0.4) is 0 Å². The van der Waals surface area contributed by atoms with E-state index in [1.165, 1.54) is 23.5 Å². The summed E-state index contributed by atoms with van der Waals surface area (Å²) >= 11 is 1.44.